The van der Waals surface area contributed by atoms with Crippen molar-refractivity contribution in [2.45, 2.75) is 45.7 Å². The first kappa shape index (κ1) is 12.9. The van der Waals surface area contributed by atoms with Crippen LogP contribution in [0.2, 0.25) is 0 Å². The van der Waals surface area contributed by atoms with Crippen molar-refractivity contribution in [2.24, 2.45) is 5.92 Å². The molecule has 15 heavy (non-hydrogen) atoms. The van der Waals surface area contributed by atoms with Crippen LogP contribution in [0.4, 0.5) is 0 Å². The third-order valence-electron chi connectivity index (χ3n) is 3.01. The smallest absolute Gasteiger partial charge is 0.0582 e. The molecule has 1 heterocycles. The second kappa shape index (κ2) is 6.46. The first-order chi connectivity index (χ1) is 7.11. The Labute approximate surface area is 93.9 Å². The molecule has 3 heteroatoms. The van der Waals surface area contributed by atoms with Gasteiger partial charge in [0.05, 0.1) is 6.61 Å². The molecule has 1 aliphatic heterocycles. The van der Waals surface area contributed by atoms with E-state index in [0.29, 0.717) is 6.04 Å². The largest absolute Gasteiger partial charge is 0.395 e. The summed E-state index contributed by atoms with van der Waals surface area (Å²) in [6.45, 7) is 10.5. The molecule has 90 valence electrons. The second-order valence-corrected chi connectivity index (χ2v) is 5.22. The van der Waals surface area contributed by atoms with Crippen LogP contribution in [0.1, 0.15) is 33.6 Å². The molecule has 0 aromatic heterocycles. The molecule has 0 spiro atoms. The Bertz CT molecular complexity index is 165. The first-order valence-electron chi connectivity index (χ1n) is 6.21. The molecule has 0 aromatic rings. The monoisotopic (exact) mass is 214 g/mol. The van der Waals surface area contributed by atoms with Crippen molar-refractivity contribution in [2.75, 3.05) is 26.2 Å². The number of aliphatic hydroxyl groups is 1. The van der Waals surface area contributed by atoms with Gasteiger partial charge in [0, 0.05) is 18.6 Å². The van der Waals surface area contributed by atoms with Crippen LogP contribution in [0, 0.1) is 5.92 Å². The zero-order valence-electron chi connectivity index (χ0n) is 10.4. The minimum atomic E-state index is 0.242. The van der Waals surface area contributed by atoms with E-state index in [1.807, 2.05) is 6.92 Å². The number of nitrogens with zero attached hydrogens (tertiary/aromatic N) is 1. The fourth-order valence-electron chi connectivity index (χ4n) is 2.25. The zero-order valence-corrected chi connectivity index (χ0v) is 10.4. The van der Waals surface area contributed by atoms with Crippen LogP contribution in [0.25, 0.3) is 0 Å². The number of piperidine rings is 1. The fraction of sp³-hybridized carbons (Fsp3) is 1.00. The zero-order chi connectivity index (χ0) is 11.3. The van der Waals surface area contributed by atoms with E-state index in [0.717, 1.165) is 5.92 Å². The van der Waals surface area contributed by atoms with Gasteiger partial charge in [-0.3, -0.25) is 0 Å². The molecule has 0 amide bonds. The number of nitrogens with one attached hydrogen (secondary N) is 1. The molecule has 0 saturated carbocycles. The number of rotatable bonds is 5. The van der Waals surface area contributed by atoms with E-state index in [4.69, 9.17) is 5.11 Å². The molecular weight excluding hydrogens is 188 g/mol. The van der Waals surface area contributed by atoms with Crippen molar-refractivity contribution in [1.82, 2.24) is 10.2 Å². The Morgan fingerprint density at radius 1 is 1.27 bits per heavy atom. The lowest BCUT2D eigenvalue weighted by atomic mass is 10.0. The quantitative estimate of drug-likeness (QED) is 0.719. The van der Waals surface area contributed by atoms with E-state index >= 15 is 0 Å². The third-order valence-corrected chi connectivity index (χ3v) is 3.01. The molecule has 1 aliphatic rings. The molecule has 0 radical (unpaired) electrons. The number of hydrogen-bond acceptors (Lipinski definition) is 3. The summed E-state index contributed by atoms with van der Waals surface area (Å²) in [7, 11) is 0. The van der Waals surface area contributed by atoms with Crippen LogP contribution in [-0.2, 0) is 0 Å². The summed E-state index contributed by atoms with van der Waals surface area (Å²) in [6, 6.07) is 0.849. The van der Waals surface area contributed by atoms with Crippen molar-refractivity contribution in [3.05, 3.63) is 0 Å². The third kappa shape index (κ3) is 4.96. The maximum atomic E-state index is 8.96. The van der Waals surface area contributed by atoms with Gasteiger partial charge in [0.15, 0.2) is 0 Å². The molecule has 1 saturated heterocycles. The highest BCUT2D eigenvalue weighted by Crippen LogP contribution is 2.12. The van der Waals surface area contributed by atoms with Gasteiger partial charge in [0.25, 0.3) is 0 Å². The van der Waals surface area contributed by atoms with E-state index in [2.05, 4.69) is 24.1 Å². The standard InChI is InChI=1S/C12H26N2O/c1-10(2)8-14-6-4-12(5-7-14)13-11(3)9-15/h10-13,15H,4-9H2,1-3H3/t11-/m1/s1. The van der Waals surface area contributed by atoms with Gasteiger partial charge in [-0.1, -0.05) is 13.8 Å². The summed E-state index contributed by atoms with van der Waals surface area (Å²) in [5.41, 5.74) is 0. The molecular formula is C12H26N2O. The minimum absolute atomic E-state index is 0.242. The van der Waals surface area contributed by atoms with E-state index < -0.39 is 0 Å². The normalized spacial score (nSPS) is 22.2. The summed E-state index contributed by atoms with van der Waals surface area (Å²) >= 11 is 0. The van der Waals surface area contributed by atoms with Gasteiger partial charge < -0.3 is 15.3 Å². The van der Waals surface area contributed by atoms with Gasteiger partial charge in [-0.05, 0) is 38.8 Å². The van der Waals surface area contributed by atoms with E-state index in [1.165, 1.54) is 32.5 Å². The molecule has 1 rings (SSSR count). The molecule has 0 unspecified atom stereocenters. The highest BCUT2D eigenvalue weighted by atomic mass is 16.3. The summed E-state index contributed by atoms with van der Waals surface area (Å²) in [5.74, 6) is 0.769. The van der Waals surface area contributed by atoms with Crippen molar-refractivity contribution in [1.29, 1.82) is 0 Å². The lowest BCUT2D eigenvalue weighted by molar-refractivity contribution is 0.163. The molecule has 1 atom stereocenters. The van der Waals surface area contributed by atoms with Crippen molar-refractivity contribution >= 4 is 0 Å². The van der Waals surface area contributed by atoms with Crippen LogP contribution in [0.15, 0.2) is 0 Å². The predicted molar refractivity (Wildman–Crippen MR) is 64.0 cm³/mol. The Kier molecular flexibility index (Phi) is 5.58. The average Bonchev–Trinajstić information content (AvgIpc) is 2.20. The Morgan fingerprint density at radius 2 is 1.87 bits per heavy atom. The fourth-order valence-corrected chi connectivity index (χ4v) is 2.25. The Morgan fingerprint density at radius 3 is 2.33 bits per heavy atom. The van der Waals surface area contributed by atoms with Crippen LogP contribution in [-0.4, -0.2) is 48.3 Å². The minimum Gasteiger partial charge on any atom is -0.395 e. The van der Waals surface area contributed by atoms with Crippen molar-refractivity contribution in [3.8, 4) is 0 Å². The first-order valence-corrected chi connectivity index (χ1v) is 6.21. The van der Waals surface area contributed by atoms with Gasteiger partial charge in [0.1, 0.15) is 0 Å². The highest BCUT2D eigenvalue weighted by Gasteiger charge is 2.20. The summed E-state index contributed by atoms with van der Waals surface area (Å²) in [4.78, 5) is 2.55. The number of aliphatic hydroxyl groups excluding tert-OH is 1. The molecule has 0 aromatic carbocycles. The molecule has 1 fully saturated rings. The molecule has 0 aliphatic carbocycles. The Hall–Kier alpha value is -0.120. The second-order valence-electron chi connectivity index (χ2n) is 5.22. The van der Waals surface area contributed by atoms with Gasteiger partial charge in [-0.25, -0.2) is 0 Å². The summed E-state index contributed by atoms with van der Waals surface area (Å²) < 4.78 is 0. The van der Waals surface area contributed by atoms with Gasteiger partial charge >= 0.3 is 0 Å². The SMILES string of the molecule is CC(C)CN1CCC(N[C@H](C)CO)CC1. The summed E-state index contributed by atoms with van der Waals surface area (Å²) in [6.07, 6.45) is 2.44. The van der Waals surface area contributed by atoms with Gasteiger partial charge in [-0.15, -0.1) is 0 Å². The number of hydrogen-bond donors (Lipinski definition) is 2. The summed E-state index contributed by atoms with van der Waals surface area (Å²) in [5, 5.41) is 12.4. The molecule has 2 N–H and O–H groups in total. The topological polar surface area (TPSA) is 35.5 Å². The predicted octanol–water partition coefficient (Wildman–Crippen LogP) is 1.08. The van der Waals surface area contributed by atoms with Gasteiger partial charge in [-0.2, -0.15) is 0 Å². The van der Waals surface area contributed by atoms with Gasteiger partial charge in [0.2, 0.25) is 0 Å². The van der Waals surface area contributed by atoms with Crippen LogP contribution in [0.5, 0.6) is 0 Å². The van der Waals surface area contributed by atoms with E-state index in [9.17, 15) is 0 Å². The van der Waals surface area contributed by atoms with Crippen LogP contribution < -0.4 is 5.32 Å². The maximum Gasteiger partial charge on any atom is 0.0582 e. The van der Waals surface area contributed by atoms with E-state index in [-0.39, 0.29) is 12.6 Å². The molecule has 0 bridgehead atoms. The lowest BCUT2D eigenvalue weighted by Crippen LogP contribution is -2.47. The Balaban J connectivity index is 2.18. The van der Waals surface area contributed by atoms with E-state index in [1.54, 1.807) is 0 Å². The van der Waals surface area contributed by atoms with Crippen LogP contribution >= 0.6 is 0 Å². The lowest BCUT2D eigenvalue weighted by Gasteiger charge is -2.34. The molecule has 3 nitrogen and oxygen atoms in total. The van der Waals surface area contributed by atoms with Crippen molar-refractivity contribution in [3.63, 3.8) is 0 Å². The van der Waals surface area contributed by atoms with Crippen LogP contribution in [0.3, 0.4) is 0 Å². The highest BCUT2D eigenvalue weighted by molar-refractivity contribution is 4.79. The number of likely N-dealkylation sites (tertiary alicyclic amines) is 1. The van der Waals surface area contributed by atoms with Crippen molar-refractivity contribution < 1.29 is 5.11 Å². The average molecular weight is 214 g/mol. The maximum absolute atomic E-state index is 8.96.